The number of thioether (sulfide) groups is 1. The van der Waals surface area contributed by atoms with Crippen molar-refractivity contribution >= 4 is 11.8 Å². The molecule has 3 heteroatoms. The highest BCUT2D eigenvalue weighted by Crippen LogP contribution is 2.35. The van der Waals surface area contributed by atoms with E-state index in [1.165, 1.54) is 16.7 Å². The number of nitrogens with one attached hydrogen (secondary N) is 1. The van der Waals surface area contributed by atoms with E-state index in [1.807, 2.05) is 11.8 Å². The summed E-state index contributed by atoms with van der Waals surface area (Å²) in [4.78, 5) is 0. The van der Waals surface area contributed by atoms with Crippen LogP contribution in [0, 0.1) is 13.8 Å². The van der Waals surface area contributed by atoms with E-state index >= 15 is 0 Å². The van der Waals surface area contributed by atoms with Crippen molar-refractivity contribution in [1.82, 2.24) is 5.32 Å². The number of methoxy groups -OCH3 is 1. The standard InChI is InChI=1S/C18H31NOS/c1-8-9-19-15(12-21-18(4,5)6)17-14(3)10-13(2)11-16(17)20-7/h10-11,15,19H,8-9,12H2,1-7H3. The smallest absolute Gasteiger partial charge is 0.124 e. The van der Waals surface area contributed by atoms with E-state index in [1.54, 1.807) is 7.11 Å². The fourth-order valence-electron chi connectivity index (χ4n) is 2.45. The van der Waals surface area contributed by atoms with Crippen LogP contribution in [0.3, 0.4) is 0 Å². The van der Waals surface area contributed by atoms with E-state index in [4.69, 9.17) is 4.74 Å². The highest BCUT2D eigenvalue weighted by atomic mass is 32.2. The lowest BCUT2D eigenvalue weighted by atomic mass is 9.98. The summed E-state index contributed by atoms with van der Waals surface area (Å²) >= 11 is 2.00. The van der Waals surface area contributed by atoms with Gasteiger partial charge in [0.05, 0.1) is 7.11 Å². The number of hydrogen-bond acceptors (Lipinski definition) is 3. The van der Waals surface area contributed by atoms with Gasteiger partial charge in [0.25, 0.3) is 0 Å². The Morgan fingerprint density at radius 3 is 2.43 bits per heavy atom. The molecule has 2 nitrogen and oxygen atoms in total. The van der Waals surface area contributed by atoms with Crippen molar-refractivity contribution in [2.75, 3.05) is 19.4 Å². The molecule has 0 fully saturated rings. The molecular weight excluding hydrogens is 278 g/mol. The maximum Gasteiger partial charge on any atom is 0.124 e. The average molecular weight is 310 g/mol. The van der Waals surface area contributed by atoms with Gasteiger partial charge in [-0.15, -0.1) is 0 Å². The molecule has 0 spiro atoms. The van der Waals surface area contributed by atoms with Crippen LogP contribution in [0.1, 0.15) is 56.8 Å². The van der Waals surface area contributed by atoms with Crippen molar-refractivity contribution in [3.05, 3.63) is 28.8 Å². The Bertz CT molecular complexity index is 451. The minimum absolute atomic E-state index is 0.276. The second kappa shape index (κ2) is 8.09. The van der Waals surface area contributed by atoms with E-state index in [-0.39, 0.29) is 4.75 Å². The summed E-state index contributed by atoms with van der Waals surface area (Å²) in [7, 11) is 1.77. The van der Waals surface area contributed by atoms with Gasteiger partial charge in [0.1, 0.15) is 5.75 Å². The minimum atomic E-state index is 0.276. The molecule has 0 radical (unpaired) electrons. The first-order valence-corrected chi connectivity index (χ1v) is 8.79. The Balaban J connectivity index is 3.07. The maximum atomic E-state index is 5.65. The van der Waals surface area contributed by atoms with Gasteiger partial charge in [0, 0.05) is 22.1 Å². The molecule has 0 aliphatic heterocycles. The first-order chi connectivity index (χ1) is 9.78. The van der Waals surface area contributed by atoms with Crippen molar-refractivity contribution in [3.63, 3.8) is 0 Å². The molecule has 21 heavy (non-hydrogen) atoms. The van der Waals surface area contributed by atoms with Crippen LogP contribution in [-0.2, 0) is 0 Å². The Morgan fingerprint density at radius 1 is 1.24 bits per heavy atom. The molecule has 0 aromatic heterocycles. The second-order valence-electron chi connectivity index (χ2n) is 6.63. The van der Waals surface area contributed by atoms with Crippen LogP contribution in [0.25, 0.3) is 0 Å². The number of aryl methyl sites for hydroxylation is 2. The van der Waals surface area contributed by atoms with Crippen molar-refractivity contribution < 1.29 is 4.74 Å². The van der Waals surface area contributed by atoms with E-state index in [0.29, 0.717) is 6.04 Å². The van der Waals surface area contributed by atoms with E-state index in [0.717, 1.165) is 24.5 Å². The molecule has 1 rings (SSSR count). The Hall–Kier alpha value is -0.670. The third kappa shape index (κ3) is 5.91. The van der Waals surface area contributed by atoms with Crippen LogP contribution in [0.2, 0.25) is 0 Å². The molecule has 0 saturated carbocycles. The topological polar surface area (TPSA) is 21.3 Å². The first-order valence-electron chi connectivity index (χ1n) is 7.81. The van der Waals surface area contributed by atoms with Crippen molar-refractivity contribution in [1.29, 1.82) is 0 Å². The van der Waals surface area contributed by atoms with Crippen molar-refractivity contribution in [3.8, 4) is 5.75 Å². The van der Waals surface area contributed by atoms with Gasteiger partial charge in [-0.05, 0) is 44.0 Å². The second-order valence-corrected chi connectivity index (χ2v) is 8.47. The summed E-state index contributed by atoms with van der Waals surface area (Å²) < 4.78 is 5.93. The van der Waals surface area contributed by atoms with Crippen molar-refractivity contribution in [2.45, 2.75) is 58.8 Å². The number of ether oxygens (including phenoxy) is 1. The van der Waals surface area contributed by atoms with Crippen LogP contribution in [0.15, 0.2) is 12.1 Å². The van der Waals surface area contributed by atoms with Gasteiger partial charge in [-0.25, -0.2) is 0 Å². The van der Waals surface area contributed by atoms with Crippen LogP contribution in [-0.4, -0.2) is 24.2 Å². The Labute approximate surface area is 135 Å². The summed E-state index contributed by atoms with van der Waals surface area (Å²) in [5.41, 5.74) is 3.88. The molecular formula is C18H31NOS. The average Bonchev–Trinajstić information content (AvgIpc) is 2.38. The maximum absolute atomic E-state index is 5.65. The van der Waals surface area contributed by atoms with Gasteiger partial charge in [-0.3, -0.25) is 0 Å². The van der Waals surface area contributed by atoms with E-state index in [2.05, 4.69) is 59.0 Å². The lowest BCUT2D eigenvalue weighted by Crippen LogP contribution is -2.27. The molecule has 0 heterocycles. The van der Waals surface area contributed by atoms with Crippen LogP contribution < -0.4 is 10.1 Å². The van der Waals surface area contributed by atoms with Gasteiger partial charge in [-0.1, -0.05) is 33.8 Å². The number of rotatable bonds is 7. The quantitative estimate of drug-likeness (QED) is 0.775. The van der Waals surface area contributed by atoms with Gasteiger partial charge in [0.15, 0.2) is 0 Å². The molecule has 120 valence electrons. The highest BCUT2D eigenvalue weighted by molar-refractivity contribution is 8.00. The summed E-state index contributed by atoms with van der Waals surface area (Å²) in [5.74, 6) is 2.07. The normalized spacial score (nSPS) is 13.3. The van der Waals surface area contributed by atoms with Gasteiger partial charge in [0.2, 0.25) is 0 Å². The van der Waals surface area contributed by atoms with E-state index < -0.39 is 0 Å². The minimum Gasteiger partial charge on any atom is -0.496 e. The zero-order valence-corrected chi connectivity index (χ0v) is 15.5. The molecule has 0 bridgehead atoms. The van der Waals surface area contributed by atoms with Crippen molar-refractivity contribution in [2.24, 2.45) is 0 Å². The Kier molecular flexibility index (Phi) is 7.08. The molecule has 0 aliphatic rings. The zero-order valence-electron chi connectivity index (χ0n) is 14.7. The van der Waals surface area contributed by atoms with Gasteiger partial charge >= 0.3 is 0 Å². The SMILES string of the molecule is CCCNC(CSC(C)(C)C)c1c(C)cc(C)cc1OC. The number of hydrogen-bond donors (Lipinski definition) is 1. The fourth-order valence-corrected chi connectivity index (χ4v) is 3.40. The Morgan fingerprint density at radius 2 is 1.90 bits per heavy atom. The molecule has 0 saturated heterocycles. The van der Waals surface area contributed by atoms with E-state index in [9.17, 15) is 0 Å². The molecule has 1 aromatic carbocycles. The lowest BCUT2D eigenvalue weighted by molar-refractivity contribution is 0.401. The van der Waals surface area contributed by atoms with Crippen LogP contribution in [0.5, 0.6) is 5.75 Å². The monoisotopic (exact) mass is 309 g/mol. The molecule has 1 unspecified atom stereocenters. The number of benzene rings is 1. The first kappa shape index (κ1) is 18.4. The predicted octanol–water partition coefficient (Wildman–Crippen LogP) is 4.88. The lowest BCUT2D eigenvalue weighted by Gasteiger charge is -2.27. The van der Waals surface area contributed by atoms with Gasteiger partial charge < -0.3 is 10.1 Å². The molecule has 1 N–H and O–H groups in total. The molecule has 1 atom stereocenters. The summed E-state index contributed by atoms with van der Waals surface area (Å²) in [5, 5.41) is 3.69. The highest BCUT2D eigenvalue weighted by Gasteiger charge is 2.21. The summed E-state index contributed by atoms with van der Waals surface area (Å²) in [6.07, 6.45) is 1.14. The summed E-state index contributed by atoms with van der Waals surface area (Å²) in [6.45, 7) is 14.4. The molecule has 0 amide bonds. The third-order valence-electron chi connectivity index (χ3n) is 3.39. The molecule has 1 aromatic rings. The fraction of sp³-hybridized carbons (Fsp3) is 0.667. The summed E-state index contributed by atoms with van der Waals surface area (Å²) in [6, 6.07) is 4.73. The predicted molar refractivity (Wildman–Crippen MR) is 95.7 cm³/mol. The molecule has 0 aliphatic carbocycles. The van der Waals surface area contributed by atoms with Crippen LogP contribution >= 0.6 is 11.8 Å². The zero-order chi connectivity index (χ0) is 16.0. The third-order valence-corrected chi connectivity index (χ3v) is 4.75. The van der Waals surface area contributed by atoms with Gasteiger partial charge in [-0.2, -0.15) is 11.8 Å². The largest absolute Gasteiger partial charge is 0.496 e. The van der Waals surface area contributed by atoms with Crippen LogP contribution in [0.4, 0.5) is 0 Å².